The fourth-order valence-corrected chi connectivity index (χ4v) is 1.79. The largest absolute Gasteiger partial charge is 0.428 e. The van der Waals surface area contributed by atoms with Crippen LogP contribution in [0.2, 0.25) is 0 Å². The molecule has 0 aliphatic rings. The molecule has 0 heterocycles. The Labute approximate surface area is 122 Å². The molecule has 104 valence electrons. The van der Waals surface area contributed by atoms with Gasteiger partial charge in [0.05, 0.1) is 0 Å². The summed E-state index contributed by atoms with van der Waals surface area (Å²) in [7, 11) is 3.57. The van der Waals surface area contributed by atoms with Crippen LogP contribution in [0, 0.1) is 0 Å². The van der Waals surface area contributed by atoms with Gasteiger partial charge in [0, 0.05) is 21.0 Å². The number of ether oxygens (including phenoxy) is 2. The maximum absolute atomic E-state index is 11.2. The Balaban J connectivity index is 2.48. The van der Waals surface area contributed by atoms with Crippen LogP contribution in [0.3, 0.4) is 0 Å². The Kier molecular flexibility index (Phi) is 4.20. The molecule has 0 aliphatic heterocycles. The van der Waals surface area contributed by atoms with Gasteiger partial charge in [0.2, 0.25) is 0 Å². The number of fused-ring (bicyclic) bond motifs is 1. The third kappa shape index (κ3) is 3.24. The smallest absolute Gasteiger partial charge is 0.308 e. The summed E-state index contributed by atoms with van der Waals surface area (Å²) in [6, 6.07) is 11.3. The first-order valence-electron chi connectivity index (χ1n) is 6.07. The molecule has 2 rings (SSSR count). The molecular formula is C15H15NO3S. The summed E-state index contributed by atoms with van der Waals surface area (Å²) in [5.74, 6) is 0.388. The van der Waals surface area contributed by atoms with Crippen LogP contribution < -0.4 is 9.47 Å². The summed E-state index contributed by atoms with van der Waals surface area (Å²) in [5.41, 5.74) is 0. The molecule has 0 bridgehead atoms. The van der Waals surface area contributed by atoms with E-state index in [1.54, 1.807) is 25.1 Å². The molecule has 0 atom stereocenters. The zero-order chi connectivity index (χ0) is 14.7. The standard InChI is InChI=1S/C15H15NO3S/c1-10(17)18-13-8-11-6-4-5-7-12(11)9-14(13)19-15(20)16(2)3/h4-9H,1-3H3. The quantitative estimate of drug-likeness (QED) is 0.483. The third-order valence-corrected chi connectivity index (χ3v) is 3.08. The fraction of sp³-hybridized carbons (Fsp3) is 0.200. The normalized spacial score (nSPS) is 10.2. The fourth-order valence-electron chi connectivity index (χ4n) is 1.70. The van der Waals surface area contributed by atoms with Crippen molar-refractivity contribution >= 4 is 34.1 Å². The van der Waals surface area contributed by atoms with Crippen molar-refractivity contribution in [3.05, 3.63) is 36.4 Å². The minimum absolute atomic E-state index is 0.300. The number of hydrogen-bond donors (Lipinski definition) is 0. The van der Waals surface area contributed by atoms with Crippen molar-refractivity contribution in [3.8, 4) is 11.5 Å². The second-order valence-electron chi connectivity index (χ2n) is 4.50. The number of carbonyl (C=O) groups excluding carboxylic acids is 1. The average Bonchev–Trinajstić information content (AvgIpc) is 2.38. The molecule has 0 amide bonds. The second kappa shape index (κ2) is 5.88. The molecule has 2 aromatic rings. The van der Waals surface area contributed by atoms with Crippen LogP contribution >= 0.6 is 12.2 Å². The van der Waals surface area contributed by atoms with Crippen LogP contribution in [0.1, 0.15) is 6.92 Å². The van der Waals surface area contributed by atoms with Crippen molar-refractivity contribution in [2.24, 2.45) is 0 Å². The highest BCUT2D eigenvalue weighted by Crippen LogP contribution is 2.33. The highest BCUT2D eigenvalue weighted by molar-refractivity contribution is 7.80. The van der Waals surface area contributed by atoms with E-state index in [1.807, 2.05) is 30.3 Å². The monoisotopic (exact) mass is 289 g/mol. The molecule has 0 aliphatic carbocycles. The lowest BCUT2D eigenvalue weighted by molar-refractivity contribution is -0.131. The van der Waals surface area contributed by atoms with Gasteiger partial charge in [0.1, 0.15) is 0 Å². The van der Waals surface area contributed by atoms with Gasteiger partial charge < -0.3 is 14.4 Å². The third-order valence-electron chi connectivity index (χ3n) is 2.63. The van der Waals surface area contributed by atoms with Crippen molar-refractivity contribution in [1.82, 2.24) is 4.90 Å². The van der Waals surface area contributed by atoms with Crippen molar-refractivity contribution in [2.75, 3.05) is 14.1 Å². The molecule has 20 heavy (non-hydrogen) atoms. The van der Waals surface area contributed by atoms with Gasteiger partial charge in [-0.15, -0.1) is 0 Å². The van der Waals surface area contributed by atoms with E-state index in [-0.39, 0.29) is 0 Å². The van der Waals surface area contributed by atoms with Crippen LogP contribution in [0.4, 0.5) is 0 Å². The summed E-state index contributed by atoms with van der Waals surface area (Å²) in [4.78, 5) is 12.9. The second-order valence-corrected chi connectivity index (χ2v) is 4.85. The van der Waals surface area contributed by atoms with Gasteiger partial charge >= 0.3 is 5.97 Å². The molecule has 0 fully saturated rings. The summed E-state index contributed by atoms with van der Waals surface area (Å²) in [5, 5.41) is 2.25. The number of esters is 1. The van der Waals surface area contributed by atoms with E-state index in [4.69, 9.17) is 21.7 Å². The summed E-state index contributed by atoms with van der Waals surface area (Å²) in [6.07, 6.45) is 0. The van der Waals surface area contributed by atoms with E-state index < -0.39 is 5.97 Å². The molecule has 0 N–H and O–H groups in total. The average molecular weight is 289 g/mol. The van der Waals surface area contributed by atoms with Gasteiger partial charge in [0.25, 0.3) is 5.17 Å². The van der Waals surface area contributed by atoms with Gasteiger partial charge in [0.15, 0.2) is 11.5 Å². The lowest BCUT2D eigenvalue weighted by atomic mass is 10.1. The van der Waals surface area contributed by atoms with E-state index in [9.17, 15) is 4.79 Å². The first-order chi connectivity index (χ1) is 9.47. The van der Waals surface area contributed by atoms with E-state index in [2.05, 4.69) is 0 Å². The van der Waals surface area contributed by atoms with Crippen molar-refractivity contribution < 1.29 is 14.3 Å². The zero-order valence-electron chi connectivity index (χ0n) is 11.5. The van der Waals surface area contributed by atoms with E-state index in [0.717, 1.165) is 10.8 Å². The van der Waals surface area contributed by atoms with Gasteiger partial charge in [-0.1, -0.05) is 24.3 Å². The van der Waals surface area contributed by atoms with E-state index >= 15 is 0 Å². The predicted molar refractivity (Wildman–Crippen MR) is 82.2 cm³/mol. The minimum Gasteiger partial charge on any atom is -0.428 e. The molecule has 5 heteroatoms. The van der Waals surface area contributed by atoms with Gasteiger partial charge in [-0.2, -0.15) is 0 Å². The molecule has 0 spiro atoms. The lowest BCUT2D eigenvalue weighted by Gasteiger charge is -2.16. The van der Waals surface area contributed by atoms with Gasteiger partial charge in [-0.3, -0.25) is 4.79 Å². The predicted octanol–water partition coefficient (Wildman–Crippen LogP) is 2.99. The van der Waals surface area contributed by atoms with Gasteiger partial charge in [-0.25, -0.2) is 0 Å². The Morgan fingerprint density at radius 3 is 2.00 bits per heavy atom. The van der Waals surface area contributed by atoms with Crippen LogP contribution in [0.25, 0.3) is 10.8 Å². The summed E-state index contributed by atoms with van der Waals surface area (Å²) in [6.45, 7) is 1.35. The van der Waals surface area contributed by atoms with Crippen molar-refractivity contribution in [2.45, 2.75) is 6.92 Å². The molecule has 0 unspecified atom stereocenters. The number of carbonyl (C=O) groups is 1. The molecule has 0 aromatic heterocycles. The topological polar surface area (TPSA) is 38.8 Å². The van der Waals surface area contributed by atoms with E-state index in [0.29, 0.717) is 16.7 Å². The number of benzene rings is 2. The highest BCUT2D eigenvalue weighted by atomic mass is 32.1. The maximum Gasteiger partial charge on any atom is 0.308 e. The lowest BCUT2D eigenvalue weighted by Crippen LogP contribution is -2.25. The van der Waals surface area contributed by atoms with Crippen LogP contribution in [-0.4, -0.2) is 30.1 Å². The molecular weight excluding hydrogens is 274 g/mol. The number of hydrogen-bond acceptors (Lipinski definition) is 4. The Hall–Kier alpha value is -2.14. The molecule has 0 saturated heterocycles. The van der Waals surface area contributed by atoms with Crippen LogP contribution in [0.15, 0.2) is 36.4 Å². The van der Waals surface area contributed by atoms with Crippen molar-refractivity contribution in [3.63, 3.8) is 0 Å². The number of nitrogens with zero attached hydrogens (tertiary/aromatic N) is 1. The molecule has 0 saturated carbocycles. The number of rotatable bonds is 2. The first-order valence-corrected chi connectivity index (χ1v) is 6.48. The Morgan fingerprint density at radius 2 is 1.55 bits per heavy atom. The molecule has 4 nitrogen and oxygen atoms in total. The highest BCUT2D eigenvalue weighted by Gasteiger charge is 2.12. The Morgan fingerprint density at radius 1 is 1.05 bits per heavy atom. The molecule has 0 radical (unpaired) electrons. The van der Waals surface area contributed by atoms with E-state index in [1.165, 1.54) is 6.92 Å². The van der Waals surface area contributed by atoms with Crippen LogP contribution in [-0.2, 0) is 4.79 Å². The minimum atomic E-state index is -0.402. The SMILES string of the molecule is CC(=O)Oc1cc2ccccc2cc1OC(=S)N(C)C. The summed E-state index contributed by atoms with van der Waals surface area (Å²) < 4.78 is 10.8. The number of thiocarbonyl (C=S) groups is 1. The molecule has 2 aromatic carbocycles. The summed E-state index contributed by atoms with van der Waals surface area (Å²) >= 11 is 5.12. The van der Waals surface area contributed by atoms with Crippen molar-refractivity contribution in [1.29, 1.82) is 0 Å². The first kappa shape index (κ1) is 14.3. The van der Waals surface area contributed by atoms with Gasteiger partial charge in [-0.05, 0) is 35.1 Å². The maximum atomic E-state index is 11.2. The zero-order valence-corrected chi connectivity index (χ0v) is 12.4. The van der Waals surface area contributed by atoms with Crippen LogP contribution in [0.5, 0.6) is 11.5 Å². The Bertz CT molecular complexity index is 667.